The molecule has 0 N–H and O–H groups in total. The molecular formula is C49H35N5O. The van der Waals surface area contributed by atoms with Crippen molar-refractivity contribution < 1.29 is 0 Å². The second-order valence-corrected chi connectivity index (χ2v) is 14.1. The lowest BCUT2D eigenvalue weighted by Gasteiger charge is -2.33. The van der Waals surface area contributed by atoms with Crippen LogP contribution in [0, 0.1) is 0 Å². The van der Waals surface area contributed by atoms with Gasteiger partial charge in [-0.05, 0) is 62.7 Å². The molecule has 0 fully saturated rings. The molecule has 0 bridgehead atoms. The fourth-order valence-corrected chi connectivity index (χ4v) is 8.55. The normalized spacial score (nSPS) is 12.8. The van der Waals surface area contributed by atoms with Crippen molar-refractivity contribution in [2.24, 2.45) is 14.1 Å². The Morgan fingerprint density at radius 3 is 1.65 bits per heavy atom. The summed E-state index contributed by atoms with van der Waals surface area (Å²) in [5, 5.41) is 0. The van der Waals surface area contributed by atoms with Crippen LogP contribution in [0.3, 0.4) is 0 Å². The van der Waals surface area contributed by atoms with Crippen LogP contribution >= 0.6 is 0 Å². The van der Waals surface area contributed by atoms with Crippen molar-refractivity contribution in [3.8, 4) is 56.4 Å². The number of nitrogens with zero attached hydrogens (tertiary/aromatic N) is 5. The van der Waals surface area contributed by atoms with Crippen LogP contribution in [0.1, 0.15) is 22.3 Å². The lowest BCUT2D eigenvalue weighted by atomic mass is 9.67. The van der Waals surface area contributed by atoms with Crippen LogP contribution in [0.15, 0.2) is 181 Å². The predicted molar refractivity (Wildman–Crippen MR) is 221 cm³/mol. The van der Waals surface area contributed by atoms with Crippen LogP contribution in [0.25, 0.3) is 67.5 Å². The monoisotopic (exact) mass is 709 g/mol. The highest BCUT2D eigenvalue weighted by molar-refractivity contribution is 5.94. The van der Waals surface area contributed by atoms with Gasteiger partial charge in [-0.25, -0.2) is 19.7 Å². The molecule has 10 rings (SSSR count). The molecule has 262 valence electrons. The van der Waals surface area contributed by atoms with E-state index in [1.165, 1.54) is 22.3 Å². The van der Waals surface area contributed by atoms with Gasteiger partial charge in [-0.15, -0.1) is 0 Å². The molecule has 0 spiro atoms. The Labute approximate surface area is 318 Å². The van der Waals surface area contributed by atoms with Crippen molar-refractivity contribution in [1.82, 2.24) is 24.1 Å². The zero-order valence-electron chi connectivity index (χ0n) is 30.4. The van der Waals surface area contributed by atoms with E-state index in [4.69, 9.17) is 15.0 Å². The smallest absolute Gasteiger partial charge is 0.295 e. The first kappa shape index (κ1) is 32.5. The van der Waals surface area contributed by atoms with E-state index in [0.29, 0.717) is 17.5 Å². The summed E-state index contributed by atoms with van der Waals surface area (Å²) in [5.74, 6) is 1.80. The molecular weight excluding hydrogens is 675 g/mol. The molecule has 0 aliphatic heterocycles. The average Bonchev–Trinajstić information content (AvgIpc) is 3.68. The lowest BCUT2D eigenvalue weighted by Crippen LogP contribution is -2.28. The zero-order valence-corrected chi connectivity index (χ0v) is 30.4. The standard InChI is InChI=1S/C49H35N5O/c1-53-42-29-28-34(31-43(42)54(2)48(53)55)33-18-14-19-35(30-33)46-50-45(32-16-6-3-7-17-32)51-47(52-46)39-25-15-27-41-44(39)38-24-12-13-26-40(38)49(41,36-20-8-4-9-21-36)37-22-10-5-11-23-37/h3-31H,1-2H3. The van der Waals surface area contributed by atoms with Gasteiger partial charge >= 0.3 is 5.69 Å². The molecule has 0 saturated carbocycles. The van der Waals surface area contributed by atoms with E-state index in [-0.39, 0.29) is 5.69 Å². The fraction of sp³-hybridized carbons (Fsp3) is 0.0612. The van der Waals surface area contributed by atoms with E-state index < -0.39 is 5.41 Å². The molecule has 55 heavy (non-hydrogen) atoms. The zero-order chi connectivity index (χ0) is 37.1. The second-order valence-electron chi connectivity index (χ2n) is 14.1. The summed E-state index contributed by atoms with van der Waals surface area (Å²) in [4.78, 5) is 28.3. The maximum atomic E-state index is 12.7. The van der Waals surface area contributed by atoms with Crippen LogP contribution < -0.4 is 5.69 Å². The molecule has 6 heteroatoms. The Balaban J connectivity index is 1.20. The van der Waals surface area contributed by atoms with Gasteiger partial charge in [-0.3, -0.25) is 9.13 Å². The highest BCUT2D eigenvalue weighted by Gasteiger charge is 2.47. The molecule has 0 radical (unpaired) electrons. The Hall–Kier alpha value is -7.18. The highest BCUT2D eigenvalue weighted by Crippen LogP contribution is 2.58. The Bertz CT molecular complexity index is 2930. The first-order valence-electron chi connectivity index (χ1n) is 18.4. The molecule has 2 aromatic heterocycles. The summed E-state index contributed by atoms with van der Waals surface area (Å²) in [6.45, 7) is 0. The van der Waals surface area contributed by atoms with Crippen molar-refractivity contribution >= 4 is 11.0 Å². The molecule has 0 unspecified atom stereocenters. The maximum Gasteiger partial charge on any atom is 0.328 e. The first-order valence-corrected chi connectivity index (χ1v) is 18.4. The quantitative estimate of drug-likeness (QED) is 0.172. The number of hydrogen-bond donors (Lipinski definition) is 0. The van der Waals surface area contributed by atoms with Crippen LogP contribution in [-0.2, 0) is 19.5 Å². The van der Waals surface area contributed by atoms with Crippen LogP contribution in [0.5, 0.6) is 0 Å². The summed E-state index contributed by atoms with van der Waals surface area (Å²) in [6, 6.07) is 61.5. The van der Waals surface area contributed by atoms with Gasteiger partial charge in [-0.2, -0.15) is 0 Å². The Morgan fingerprint density at radius 2 is 0.927 bits per heavy atom. The number of benzene rings is 7. The maximum absolute atomic E-state index is 12.7. The molecule has 0 amide bonds. The van der Waals surface area contributed by atoms with Crippen LogP contribution in [-0.4, -0.2) is 24.1 Å². The summed E-state index contributed by atoms with van der Waals surface area (Å²) in [5.41, 5.74) is 13.0. The SMILES string of the molecule is Cn1c(=O)n(C)c2cc(-c3cccc(-c4nc(-c5ccccc5)nc(-c5cccc6c5-c5ccccc5C6(c5ccccc5)c5ccccc5)n4)c3)ccc21. The highest BCUT2D eigenvalue weighted by atomic mass is 16.1. The van der Waals surface area contributed by atoms with Gasteiger partial charge in [0.15, 0.2) is 17.5 Å². The number of fused-ring (bicyclic) bond motifs is 4. The molecule has 1 aliphatic carbocycles. The average molecular weight is 710 g/mol. The number of hydrogen-bond acceptors (Lipinski definition) is 4. The topological polar surface area (TPSA) is 65.6 Å². The first-order chi connectivity index (χ1) is 27.0. The van der Waals surface area contributed by atoms with Gasteiger partial charge < -0.3 is 0 Å². The van der Waals surface area contributed by atoms with Crippen molar-refractivity contribution in [1.29, 1.82) is 0 Å². The molecule has 7 aromatic carbocycles. The molecule has 1 aliphatic rings. The van der Waals surface area contributed by atoms with Gasteiger partial charge in [0, 0.05) is 30.8 Å². The third-order valence-corrected chi connectivity index (χ3v) is 11.1. The molecule has 6 nitrogen and oxygen atoms in total. The molecule has 2 heterocycles. The Morgan fingerprint density at radius 1 is 0.418 bits per heavy atom. The number of imidazole rings is 1. The molecule has 9 aromatic rings. The molecule has 0 atom stereocenters. The van der Waals surface area contributed by atoms with Gasteiger partial charge in [0.1, 0.15) is 0 Å². The second kappa shape index (κ2) is 12.7. The Kier molecular flexibility index (Phi) is 7.52. The summed E-state index contributed by atoms with van der Waals surface area (Å²) in [7, 11) is 3.61. The van der Waals surface area contributed by atoms with Gasteiger partial charge in [0.05, 0.1) is 16.4 Å². The van der Waals surface area contributed by atoms with Crippen molar-refractivity contribution in [3.05, 3.63) is 209 Å². The van der Waals surface area contributed by atoms with E-state index in [1.807, 2.05) is 49.5 Å². The predicted octanol–water partition coefficient (Wildman–Crippen LogP) is 10.1. The fourth-order valence-electron chi connectivity index (χ4n) is 8.55. The van der Waals surface area contributed by atoms with Crippen molar-refractivity contribution in [2.75, 3.05) is 0 Å². The van der Waals surface area contributed by atoms with E-state index in [9.17, 15) is 4.79 Å². The summed E-state index contributed by atoms with van der Waals surface area (Å²) >= 11 is 0. The minimum atomic E-state index is -0.541. The molecule has 0 saturated heterocycles. The van der Waals surface area contributed by atoms with Crippen LogP contribution in [0.2, 0.25) is 0 Å². The number of rotatable bonds is 6. The largest absolute Gasteiger partial charge is 0.328 e. The van der Waals surface area contributed by atoms with E-state index in [1.54, 1.807) is 16.2 Å². The van der Waals surface area contributed by atoms with Crippen LogP contribution in [0.4, 0.5) is 0 Å². The summed E-state index contributed by atoms with van der Waals surface area (Å²) in [6.07, 6.45) is 0. The van der Waals surface area contributed by atoms with Crippen molar-refractivity contribution in [2.45, 2.75) is 5.41 Å². The van der Waals surface area contributed by atoms with E-state index >= 15 is 0 Å². The van der Waals surface area contributed by atoms with Gasteiger partial charge in [0.25, 0.3) is 0 Å². The van der Waals surface area contributed by atoms with Gasteiger partial charge in [-0.1, -0.05) is 158 Å². The third kappa shape index (κ3) is 5.02. The van der Waals surface area contributed by atoms with Crippen molar-refractivity contribution in [3.63, 3.8) is 0 Å². The third-order valence-electron chi connectivity index (χ3n) is 11.1. The number of aryl methyl sites for hydroxylation is 2. The summed E-state index contributed by atoms with van der Waals surface area (Å²) < 4.78 is 3.36. The van der Waals surface area contributed by atoms with E-state index in [2.05, 4.69) is 133 Å². The van der Waals surface area contributed by atoms with E-state index in [0.717, 1.165) is 50.0 Å². The minimum Gasteiger partial charge on any atom is -0.295 e. The van der Waals surface area contributed by atoms with Gasteiger partial charge in [0.2, 0.25) is 0 Å². The minimum absolute atomic E-state index is 0.0492. The lowest BCUT2D eigenvalue weighted by molar-refractivity contribution is 0.768. The number of aromatic nitrogens is 5.